The van der Waals surface area contributed by atoms with Crippen molar-refractivity contribution >= 4 is 5.91 Å². The molecule has 0 bridgehead atoms. The third kappa shape index (κ3) is 4.02. The van der Waals surface area contributed by atoms with Crippen molar-refractivity contribution in [2.75, 3.05) is 19.7 Å². The number of hydrogen-bond donors (Lipinski definition) is 3. The molecule has 16 heavy (non-hydrogen) atoms. The van der Waals surface area contributed by atoms with Gasteiger partial charge in [0.05, 0.1) is 6.54 Å². The number of aliphatic hydroxyl groups excluding tert-OH is 1. The number of carbonyl (C=O) groups excluding carboxylic acids is 1. The van der Waals surface area contributed by atoms with Crippen LogP contribution in [0, 0.1) is 5.92 Å². The predicted octanol–water partition coefficient (Wildman–Crippen LogP) is 0.118. The minimum absolute atomic E-state index is 0.203. The van der Waals surface area contributed by atoms with E-state index >= 15 is 0 Å². The van der Waals surface area contributed by atoms with E-state index in [0.717, 1.165) is 6.54 Å². The average molecular weight is 236 g/mol. The maximum atomic E-state index is 12.7. The molecular weight excluding hydrogens is 218 g/mol. The Labute approximate surface area is 93.4 Å². The molecule has 4 nitrogen and oxygen atoms in total. The first-order chi connectivity index (χ1) is 7.44. The van der Waals surface area contributed by atoms with Gasteiger partial charge in [0, 0.05) is 12.0 Å². The number of nitrogens with one attached hydrogen (secondary N) is 2. The van der Waals surface area contributed by atoms with Crippen molar-refractivity contribution in [3.8, 4) is 0 Å². The standard InChI is InChI=1S/C10H18F2N2O2/c1-7-4-8(2-3-13-7)9(16)14-5-10(11,12)6-15/h7-8,13,15H,2-6H2,1H3,(H,14,16). The minimum Gasteiger partial charge on any atom is -0.390 e. The summed E-state index contributed by atoms with van der Waals surface area (Å²) in [5.41, 5.74) is 0. The monoisotopic (exact) mass is 236 g/mol. The highest BCUT2D eigenvalue weighted by Crippen LogP contribution is 2.17. The fraction of sp³-hybridized carbons (Fsp3) is 0.900. The van der Waals surface area contributed by atoms with Gasteiger partial charge in [-0.1, -0.05) is 0 Å². The molecule has 0 aromatic carbocycles. The third-order valence-corrected chi connectivity index (χ3v) is 2.75. The zero-order valence-corrected chi connectivity index (χ0v) is 9.30. The summed E-state index contributed by atoms with van der Waals surface area (Å²) >= 11 is 0. The molecule has 0 saturated carbocycles. The van der Waals surface area contributed by atoms with Crippen molar-refractivity contribution < 1.29 is 18.7 Å². The summed E-state index contributed by atoms with van der Waals surface area (Å²) in [4.78, 5) is 11.6. The number of amides is 1. The molecule has 1 aliphatic rings. The van der Waals surface area contributed by atoms with Gasteiger partial charge in [-0.15, -0.1) is 0 Å². The van der Waals surface area contributed by atoms with Crippen LogP contribution < -0.4 is 10.6 Å². The van der Waals surface area contributed by atoms with Gasteiger partial charge in [-0.2, -0.15) is 0 Å². The van der Waals surface area contributed by atoms with Crippen LogP contribution in [-0.4, -0.2) is 42.7 Å². The van der Waals surface area contributed by atoms with E-state index in [1.165, 1.54) is 0 Å². The number of alkyl halides is 2. The summed E-state index contributed by atoms with van der Waals surface area (Å²) in [6, 6.07) is 0.239. The smallest absolute Gasteiger partial charge is 0.287 e. The maximum absolute atomic E-state index is 12.7. The van der Waals surface area contributed by atoms with E-state index in [0.29, 0.717) is 12.8 Å². The number of rotatable bonds is 4. The van der Waals surface area contributed by atoms with Gasteiger partial charge >= 0.3 is 0 Å². The van der Waals surface area contributed by atoms with E-state index in [9.17, 15) is 13.6 Å². The van der Waals surface area contributed by atoms with Crippen molar-refractivity contribution in [3.05, 3.63) is 0 Å². The molecule has 0 spiro atoms. The molecule has 2 atom stereocenters. The van der Waals surface area contributed by atoms with Gasteiger partial charge in [-0.3, -0.25) is 4.79 Å². The minimum atomic E-state index is -3.23. The van der Waals surface area contributed by atoms with Crippen molar-refractivity contribution in [2.24, 2.45) is 5.92 Å². The van der Waals surface area contributed by atoms with E-state index in [-0.39, 0.29) is 17.9 Å². The third-order valence-electron chi connectivity index (χ3n) is 2.75. The second-order valence-corrected chi connectivity index (χ2v) is 4.31. The molecule has 1 rings (SSSR count). The lowest BCUT2D eigenvalue weighted by Gasteiger charge is -2.27. The molecule has 0 radical (unpaired) electrons. The Morgan fingerprint density at radius 2 is 2.31 bits per heavy atom. The van der Waals surface area contributed by atoms with Crippen LogP contribution in [0.3, 0.4) is 0 Å². The number of aliphatic hydroxyl groups is 1. The molecule has 1 aliphatic heterocycles. The number of halogens is 2. The number of carbonyl (C=O) groups is 1. The first kappa shape index (κ1) is 13.3. The van der Waals surface area contributed by atoms with Crippen LogP contribution in [0.2, 0.25) is 0 Å². The summed E-state index contributed by atoms with van der Waals surface area (Å²) in [6.07, 6.45) is 1.33. The fourth-order valence-corrected chi connectivity index (χ4v) is 1.79. The lowest BCUT2D eigenvalue weighted by atomic mass is 9.92. The summed E-state index contributed by atoms with van der Waals surface area (Å²) in [6.45, 7) is 0.661. The predicted molar refractivity (Wildman–Crippen MR) is 55.2 cm³/mol. The Balaban J connectivity index is 2.34. The van der Waals surface area contributed by atoms with Crippen molar-refractivity contribution in [3.63, 3.8) is 0 Å². The second-order valence-electron chi connectivity index (χ2n) is 4.31. The highest BCUT2D eigenvalue weighted by atomic mass is 19.3. The van der Waals surface area contributed by atoms with Gasteiger partial charge in [0.15, 0.2) is 0 Å². The summed E-state index contributed by atoms with van der Waals surface area (Å²) < 4.78 is 25.4. The van der Waals surface area contributed by atoms with E-state index in [1.807, 2.05) is 6.92 Å². The summed E-state index contributed by atoms with van der Waals surface area (Å²) in [5.74, 6) is -3.78. The average Bonchev–Trinajstić information content (AvgIpc) is 2.26. The highest BCUT2D eigenvalue weighted by molar-refractivity contribution is 5.78. The molecule has 94 valence electrons. The Bertz CT molecular complexity index is 249. The largest absolute Gasteiger partial charge is 0.390 e. The molecule has 6 heteroatoms. The van der Waals surface area contributed by atoms with Gasteiger partial charge in [-0.25, -0.2) is 8.78 Å². The normalized spacial score (nSPS) is 26.5. The lowest BCUT2D eigenvalue weighted by molar-refractivity contribution is -0.128. The summed E-state index contributed by atoms with van der Waals surface area (Å²) in [7, 11) is 0. The van der Waals surface area contributed by atoms with E-state index in [4.69, 9.17) is 5.11 Å². The van der Waals surface area contributed by atoms with Crippen LogP contribution in [0.5, 0.6) is 0 Å². The van der Waals surface area contributed by atoms with Crippen LogP contribution in [0.15, 0.2) is 0 Å². The molecule has 3 N–H and O–H groups in total. The molecule has 0 aromatic rings. The number of piperidine rings is 1. The van der Waals surface area contributed by atoms with Crippen molar-refractivity contribution in [1.29, 1.82) is 0 Å². The van der Waals surface area contributed by atoms with Crippen molar-refractivity contribution in [2.45, 2.75) is 31.7 Å². The zero-order chi connectivity index (χ0) is 12.2. The van der Waals surface area contributed by atoms with Gasteiger partial charge in [0.2, 0.25) is 5.91 Å². The Kier molecular flexibility index (Phi) is 4.61. The first-order valence-electron chi connectivity index (χ1n) is 5.44. The summed E-state index contributed by atoms with van der Waals surface area (Å²) in [5, 5.41) is 13.7. The van der Waals surface area contributed by atoms with Gasteiger partial charge in [-0.05, 0) is 26.3 Å². The van der Waals surface area contributed by atoms with E-state index in [1.54, 1.807) is 0 Å². The molecule has 1 saturated heterocycles. The van der Waals surface area contributed by atoms with E-state index < -0.39 is 19.1 Å². The maximum Gasteiger partial charge on any atom is 0.287 e. The molecule has 1 fully saturated rings. The molecule has 0 aromatic heterocycles. The van der Waals surface area contributed by atoms with Crippen LogP contribution in [-0.2, 0) is 4.79 Å². The Morgan fingerprint density at radius 3 is 2.88 bits per heavy atom. The van der Waals surface area contributed by atoms with E-state index in [2.05, 4.69) is 10.6 Å². The van der Waals surface area contributed by atoms with Gasteiger partial charge in [0.1, 0.15) is 6.61 Å². The first-order valence-corrected chi connectivity index (χ1v) is 5.44. The van der Waals surface area contributed by atoms with Gasteiger partial charge < -0.3 is 15.7 Å². The van der Waals surface area contributed by atoms with Crippen LogP contribution >= 0.6 is 0 Å². The molecule has 1 amide bonds. The van der Waals surface area contributed by atoms with Crippen LogP contribution in [0.25, 0.3) is 0 Å². The highest BCUT2D eigenvalue weighted by Gasteiger charge is 2.30. The Hall–Kier alpha value is -0.750. The zero-order valence-electron chi connectivity index (χ0n) is 9.30. The number of hydrogen-bond acceptors (Lipinski definition) is 3. The molecular formula is C10H18F2N2O2. The molecule has 2 unspecified atom stereocenters. The fourth-order valence-electron chi connectivity index (χ4n) is 1.79. The molecule has 1 heterocycles. The van der Waals surface area contributed by atoms with Crippen molar-refractivity contribution in [1.82, 2.24) is 10.6 Å². The topological polar surface area (TPSA) is 61.4 Å². The second kappa shape index (κ2) is 5.54. The SMILES string of the molecule is CC1CC(C(=O)NCC(F)(F)CO)CCN1. The quantitative estimate of drug-likeness (QED) is 0.649. The van der Waals surface area contributed by atoms with Gasteiger partial charge in [0.25, 0.3) is 5.92 Å². The van der Waals surface area contributed by atoms with Crippen LogP contribution in [0.4, 0.5) is 8.78 Å². The van der Waals surface area contributed by atoms with Crippen LogP contribution in [0.1, 0.15) is 19.8 Å². The molecule has 0 aliphatic carbocycles. The lowest BCUT2D eigenvalue weighted by Crippen LogP contribution is -2.46. The Morgan fingerprint density at radius 1 is 1.62 bits per heavy atom.